The molecule has 212 valence electrons. The maximum Gasteiger partial charge on any atom is 0.254 e. The van der Waals surface area contributed by atoms with Crippen molar-refractivity contribution in [3.8, 4) is 22.4 Å². The topological polar surface area (TPSA) is 63.4 Å². The minimum atomic E-state index is -0.142. The highest BCUT2D eigenvalue weighted by atomic mass is 16.2. The SMILES string of the molecule is Cc1cc2ncc3cc(-c4ccccc4)c(-c4ccc(CCN5C(=O)c6ccccc6C56CCCCC6)cc4)nc3n2n1. The molecule has 0 unspecified atom stereocenters. The fourth-order valence-corrected chi connectivity index (χ4v) is 7.33. The van der Waals surface area contributed by atoms with Crippen molar-refractivity contribution in [2.24, 2.45) is 0 Å². The van der Waals surface area contributed by atoms with Gasteiger partial charge in [-0.25, -0.2) is 9.97 Å². The molecule has 0 radical (unpaired) electrons. The second kappa shape index (κ2) is 10.2. The number of rotatable bonds is 5. The van der Waals surface area contributed by atoms with Gasteiger partial charge < -0.3 is 4.90 Å². The van der Waals surface area contributed by atoms with Gasteiger partial charge in [-0.2, -0.15) is 9.61 Å². The molecule has 4 heterocycles. The van der Waals surface area contributed by atoms with Gasteiger partial charge in [-0.3, -0.25) is 4.79 Å². The number of hydrogen-bond donors (Lipinski definition) is 0. The molecule has 0 atom stereocenters. The Hall–Kier alpha value is -4.84. The summed E-state index contributed by atoms with van der Waals surface area (Å²) in [6, 6.07) is 31.5. The molecule has 8 rings (SSSR count). The number of benzene rings is 3. The highest BCUT2D eigenvalue weighted by Crippen LogP contribution is 2.48. The monoisotopic (exact) mass is 563 g/mol. The standard InChI is InChI=1S/C37H33N5O/c1-25-22-33-38-24-29-23-31(27-10-4-2-5-11-27)34(39-35(29)42(33)40-25)28-16-14-26(15-17-28)18-21-41-36(43)30-12-6-7-13-32(30)37(41)19-8-3-9-20-37/h2,4-7,10-17,22-24H,3,8-9,18-21H2,1H3. The Balaban J connectivity index is 1.13. The number of pyridine rings is 1. The number of nitrogens with zero attached hydrogens (tertiary/aromatic N) is 5. The largest absolute Gasteiger partial charge is 0.329 e. The third-order valence-electron chi connectivity index (χ3n) is 9.42. The van der Waals surface area contributed by atoms with E-state index in [1.807, 2.05) is 41.9 Å². The number of aromatic nitrogens is 4. The molecule has 1 saturated carbocycles. The Morgan fingerprint density at radius 3 is 2.40 bits per heavy atom. The summed E-state index contributed by atoms with van der Waals surface area (Å²) in [6.07, 6.45) is 8.42. The molecule has 6 nitrogen and oxygen atoms in total. The van der Waals surface area contributed by atoms with E-state index in [0.29, 0.717) is 0 Å². The second-order valence-corrected chi connectivity index (χ2v) is 12.0. The van der Waals surface area contributed by atoms with Gasteiger partial charge in [-0.1, -0.05) is 92.1 Å². The van der Waals surface area contributed by atoms with Gasteiger partial charge in [-0.15, -0.1) is 0 Å². The van der Waals surface area contributed by atoms with E-state index in [0.717, 1.165) is 76.1 Å². The Labute approximate surface area is 251 Å². The lowest BCUT2D eigenvalue weighted by Crippen LogP contribution is -2.46. The van der Waals surface area contributed by atoms with Gasteiger partial charge in [-0.05, 0) is 55.0 Å². The number of carbonyl (C=O) groups is 1. The highest BCUT2D eigenvalue weighted by Gasteiger charge is 2.49. The molecule has 6 aromatic rings. The number of amides is 1. The summed E-state index contributed by atoms with van der Waals surface area (Å²) in [5, 5.41) is 5.62. The fourth-order valence-electron chi connectivity index (χ4n) is 7.33. The van der Waals surface area contributed by atoms with Crippen LogP contribution >= 0.6 is 0 Å². The molecular formula is C37H33N5O. The molecule has 1 fully saturated rings. The van der Waals surface area contributed by atoms with Gasteiger partial charge in [0.1, 0.15) is 0 Å². The van der Waals surface area contributed by atoms with E-state index in [1.54, 1.807) is 0 Å². The molecule has 0 saturated heterocycles. The summed E-state index contributed by atoms with van der Waals surface area (Å²) in [7, 11) is 0. The molecule has 2 aliphatic rings. The summed E-state index contributed by atoms with van der Waals surface area (Å²) in [4.78, 5) is 25.6. The lowest BCUT2D eigenvalue weighted by atomic mass is 9.76. The number of aryl methyl sites for hydroxylation is 1. The molecule has 0 N–H and O–H groups in total. The van der Waals surface area contributed by atoms with E-state index < -0.39 is 0 Å². The minimum absolute atomic E-state index is 0.142. The smallest absolute Gasteiger partial charge is 0.254 e. The normalized spacial score (nSPS) is 15.9. The van der Waals surface area contributed by atoms with Crippen molar-refractivity contribution in [1.82, 2.24) is 24.5 Å². The average Bonchev–Trinajstić information content (AvgIpc) is 3.55. The molecule has 1 amide bonds. The molecule has 0 bridgehead atoms. The number of carbonyl (C=O) groups excluding carboxylic acids is 1. The predicted octanol–water partition coefficient (Wildman–Crippen LogP) is 7.78. The van der Waals surface area contributed by atoms with Crippen LogP contribution in [0.2, 0.25) is 0 Å². The first-order valence-electron chi connectivity index (χ1n) is 15.3. The van der Waals surface area contributed by atoms with Crippen LogP contribution in [-0.4, -0.2) is 36.9 Å². The zero-order valence-electron chi connectivity index (χ0n) is 24.3. The van der Waals surface area contributed by atoms with E-state index in [1.165, 1.54) is 30.4 Å². The van der Waals surface area contributed by atoms with Crippen molar-refractivity contribution in [3.63, 3.8) is 0 Å². The predicted molar refractivity (Wildman–Crippen MR) is 170 cm³/mol. The van der Waals surface area contributed by atoms with Crippen molar-refractivity contribution < 1.29 is 4.79 Å². The van der Waals surface area contributed by atoms with Crippen LogP contribution in [0, 0.1) is 6.92 Å². The summed E-state index contributed by atoms with van der Waals surface area (Å²) in [6.45, 7) is 2.70. The van der Waals surface area contributed by atoms with Crippen LogP contribution < -0.4 is 0 Å². The van der Waals surface area contributed by atoms with Crippen LogP contribution in [0.5, 0.6) is 0 Å². The Morgan fingerprint density at radius 2 is 1.58 bits per heavy atom. The van der Waals surface area contributed by atoms with E-state index in [9.17, 15) is 4.79 Å². The average molecular weight is 564 g/mol. The first-order chi connectivity index (χ1) is 21.1. The first kappa shape index (κ1) is 25.8. The first-order valence-corrected chi connectivity index (χ1v) is 15.3. The third kappa shape index (κ3) is 4.23. The van der Waals surface area contributed by atoms with Crippen LogP contribution in [-0.2, 0) is 12.0 Å². The summed E-state index contributed by atoms with van der Waals surface area (Å²) >= 11 is 0. The summed E-state index contributed by atoms with van der Waals surface area (Å²) in [5.41, 5.74) is 9.84. The second-order valence-electron chi connectivity index (χ2n) is 12.0. The maximum absolute atomic E-state index is 13.6. The van der Waals surface area contributed by atoms with E-state index in [4.69, 9.17) is 4.98 Å². The van der Waals surface area contributed by atoms with Gasteiger partial charge >= 0.3 is 0 Å². The molecule has 1 spiro atoms. The number of hydrogen-bond acceptors (Lipinski definition) is 4. The maximum atomic E-state index is 13.6. The summed E-state index contributed by atoms with van der Waals surface area (Å²) < 4.78 is 1.84. The third-order valence-corrected chi connectivity index (χ3v) is 9.42. The van der Waals surface area contributed by atoms with Gasteiger partial charge in [0.2, 0.25) is 0 Å². The van der Waals surface area contributed by atoms with Gasteiger partial charge in [0.05, 0.1) is 16.9 Å². The van der Waals surface area contributed by atoms with Gasteiger partial charge in [0.15, 0.2) is 11.3 Å². The molecule has 6 heteroatoms. The zero-order chi connectivity index (χ0) is 29.0. The lowest BCUT2D eigenvalue weighted by molar-refractivity contribution is 0.0426. The number of fused-ring (bicyclic) bond motifs is 5. The summed E-state index contributed by atoms with van der Waals surface area (Å²) in [5.74, 6) is 0.191. The zero-order valence-corrected chi connectivity index (χ0v) is 24.3. The highest BCUT2D eigenvalue weighted by molar-refractivity contribution is 6.00. The van der Waals surface area contributed by atoms with E-state index in [2.05, 4.69) is 81.7 Å². The van der Waals surface area contributed by atoms with Crippen LogP contribution in [0.1, 0.15) is 59.3 Å². The van der Waals surface area contributed by atoms with Crippen molar-refractivity contribution >= 4 is 22.6 Å². The van der Waals surface area contributed by atoms with Gasteiger partial charge in [0.25, 0.3) is 5.91 Å². The molecule has 3 aromatic heterocycles. The van der Waals surface area contributed by atoms with E-state index >= 15 is 0 Å². The Morgan fingerprint density at radius 1 is 0.814 bits per heavy atom. The Kier molecular flexibility index (Phi) is 6.10. The van der Waals surface area contributed by atoms with E-state index in [-0.39, 0.29) is 11.4 Å². The molecule has 1 aliphatic carbocycles. The van der Waals surface area contributed by atoms with Crippen LogP contribution in [0.15, 0.2) is 97.2 Å². The van der Waals surface area contributed by atoms with Crippen LogP contribution in [0.4, 0.5) is 0 Å². The molecule has 3 aromatic carbocycles. The van der Waals surface area contributed by atoms with Gasteiger partial charge in [0, 0.05) is 40.9 Å². The molecular weight excluding hydrogens is 530 g/mol. The molecule has 43 heavy (non-hydrogen) atoms. The van der Waals surface area contributed by atoms with Crippen molar-refractivity contribution in [3.05, 3.63) is 120 Å². The quantitative estimate of drug-likeness (QED) is 0.215. The lowest BCUT2D eigenvalue weighted by Gasteiger charge is -2.42. The van der Waals surface area contributed by atoms with Crippen molar-refractivity contribution in [2.45, 2.75) is 51.0 Å². The van der Waals surface area contributed by atoms with Crippen molar-refractivity contribution in [2.75, 3.05) is 6.54 Å². The van der Waals surface area contributed by atoms with Crippen LogP contribution in [0.3, 0.4) is 0 Å². The minimum Gasteiger partial charge on any atom is -0.329 e. The van der Waals surface area contributed by atoms with Crippen molar-refractivity contribution in [1.29, 1.82) is 0 Å². The fraction of sp³-hybridized carbons (Fsp3) is 0.243. The Bertz CT molecular complexity index is 1990. The van der Waals surface area contributed by atoms with Crippen LogP contribution in [0.25, 0.3) is 39.1 Å². The molecule has 1 aliphatic heterocycles.